The molecule has 0 saturated heterocycles. The van der Waals surface area contributed by atoms with Gasteiger partial charge in [0.25, 0.3) is 0 Å². The van der Waals surface area contributed by atoms with Crippen LogP contribution >= 0.6 is 15.9 Å². The summed E-state index contributed by atoms with van der Waals surface area (Å²) in [5.74, 6) is -1.44. The molecule has 0 saturated carbocycles. The minimum absolute atomic E-state index is 0.163. The van der Waals surface area contributed by atoms with E-state index in [-0.39, 0.29) is 10.0 Å². The third-order valence-corrected chi connectivity index (χ3v) is 3.41. The van der Waals surface area contributed by atoms with Gasteiger partial charge in [-0.2, -0.15) is 0 Å². The van der Waals surface area contributed by atoms with Crippen LogP contribution in [0.25, 0.3) is 0 Å². The minimum atomic E-state index is -1.52. The Morgan fingerprint density at radius 3 is 2.69 bits per heavy atom. The Bertz CT molecular complexity index is 445. The smallest absolute Gasteiger partial charge is 0.146 e. The van der Waals surface area contributed by atoms with E-state index >= 15 is 0 Å². The fourth-order valence-corrected chi connectivity index (χ4v) is 2.31. The highest BCUT2D eigenvalue weighted by molar-refractivity contribution is 9.10. The van der Waals surface area contributed by atoms with E-state index in [0.717, 1.165) is 18.9 Å². The molecule has 4 heteroatoms. The molecule has 1 N–H and O–H groups in total. The van der Waals surface area contributed by atoms with E-state index in [2.05, 4.69) is 15.9 Å². The van der Waals surface area contributed by atoms with E-state index in [1.807, 2.05) is 0 Å². The third-order valence-electron chi connectivity index (χ3n) is 2.80. The number of halogens is 3. The average Bonchev–Trinajstić information content (AvgIpc) is 2.25. The molecule has 1 aliphatic carbocycles. The first-order chi connectivity index (χ1) is 7.54. The Kier molecular flexibility index (Phi) is 3.13. The Hall–Kier alpha value is -0.740. The summed E-state index contributed by atoms with van der Waals surface area (Å²) >= 11 is 2.99. The van der Waals surface area contributed by atoms with Gasteiger partial charge in [-0.05, 0) is 47.3 Å². The number of hydrogen-bond acceptors (Lipinski definition) is 1. The zero-order valence-corrected chi connectivity index (χ0v) is 10.1. The third kappa shape index (κ3) is 1.92. The maximum Gasteiger partial charge on any atom is 0.146 e. The zero-order chi connectivity index (χ0) is 11.8. The van der Waals surface area contributed by atoms with Crippen LogP contribution in [0.5, 0.6) is 0 Å². The van der Waals surface area contributed by atoms with Crippen LogP contribution < -0.4 is 0 Å². The van der Waals surface area contributed by atoms with Crippen LogP contribution in [0.3, 0.4) is 0 Å². The summed E-state index contributed by atoms with van der Waals surface area (Å²) < 4.78 is 27.6. The first kappa shape index (κ1) is 11.7. The summed E-state index contributed by atoms with van der Waals surface area (Å²) in [4.78, 5) is 0. The van der Waals surface area contributed by atoms with Crippen LogP contribution in [0.1, 0.15) is 24.8 Å². The lowest BCUT2D eigenvalue weighted by Gasteiger charge is -2.28. The van der Waals surface area contributed by atoms with E-state index in [1.165, 1.54) is 12.1 Å². The predicted molar refractivity (Wildman–Crippen MR) is 60.9 cm³/mol. The van der Waals surface area contributed by atoms with Crippen molar-refractivity contribution in [2.75, 3.05) is 0 Å². The summed E-state index contributed by atoms with van der Waals surface area (Å²) in [6.07, 6.45) is 5.12. The molecular weight excluding hydrogens is 278 g/mol. The number of rotatable bonds is 1. The lowest BCUT2D eigenvalue weighted by molar-refractivity contribution is 0.0645. The van der Waals surface area contributed by atoms with E-state index < -0.39 is 17.2 Å². The highest BCUT2D eigenvalue weighted by atomic mass is 79.9. The van der Waals surface area contributed by atoms with Crippen molar-refractivity contribution >= 4 is 15.9 Å². The standard InChI is InChI=1S/C12H11BrF2O/c13-8-4-5-9(14)10(11(8)15)12(16)6-2-1-3-7-12/h2,4-6,16H,1,3,7H2. The van der Waals surface area contributed by atoms with Crippen LogP contribution in [0.2, 0.25) is 0 Å². The van der Waals surface area contributed by atoms with E-state index in [0.29, 0.717) is 6.42 Å². The SMILES string of the molecule is OC1(c2c(F)ccc(Br)c2F)C=CCCC1. The van der Waals surface area contributed by atoms with Gasteiger partial charge < -0.3 is 5.11 Å². The quantitative estimate of drug-likeness (QED) is 0.618. The Balaban J connectivity index is 2.58. The summed E-state index contributed by atoms with van der Waals surface area (Å²) in [5.41, 5.74) is -1.78. The fraction of sp³-hybridized carbons (Fsp3) is 0.333. The van der Waals surface area contributed by atoms with E-state index in [9.17, 15) is 13.9 Å². The second kappa shape index (κ2) is 4.26. The molecule has 0 fully saturated rings. The van der Waals surface area contributed by atoms with Crippen molar-refractivity contribution in [1.29, 1.82) is 0 Å². The lowest BCUT2D eigenvalue weighted by Crippen LogP contribution is -2.27. The molecule has 1 aliphatic rings. The van der Waals surface area contributed by atoms with Crippen molar-refractivity contribution in [1.82, 2.24) is 0 Å². The molecule has 1 aromatic rings. The molecule has 0 amide bonds. The van der Waals surface area contributed by atoms with Gasteiger partial charge in [0.05, 0.1) is 10.0 Å². The van der Waals surface area contributed by atoms with Crippen molar-refractivity contribution in [3.05, 3.63) is 46.0 Å². The van der Waals surface area contributed by atoms with Gasteiger partial charge >= 0.3 is 0 Å². The summed E-state index contributed by atoms with van der Waals surface area (Å²) in [6, 6.07) is 2.45. The maximum absolute atomic E-state index is 13.8. The highest BCUT2D eigenvalue weighted by Crippen LogP contribution is 2.37. The molecule has 0 radical (unpaired) electrons. The summed E-state index contributed by atoms with van der Waals surface area (Å²) in [7, 11) is 0. The van der Waals surface area contributed by atoms with Gasteiger partial charge in [0.1, 0.15) is 17.2 Å². The zero-order valence-electron chi connectivity index (χ0n) is 8.51. The van der Waals surface area contributed by atoms with Crippen molar-refractivity contribution in [2.45, 2.75) is 24.9 Å². The van der Waals surface area contributed by atoms with Gasteiger partial charge in [-0.25, -0.2) is 8.78 Å². The molecule has 2 rings (SSSR count). The van der Waals surface area contributed by atoms with Crippen LogP contribution in [-0.2, 0) is 5.60 Å². The van der Waals surface area contributed by atoms with Crippen LogP contribution in [-0.4, -0.2) is 5.11 Å². The van der Waals surface area contributed by atoms with Crippen molar-refractivity contribution in [3.63, 3.8) is 0 Å². The van der Waals surface area contributed by atoms with Gasteiger partial charge in [0, 0.05) is 0 Å². The molecule has 1 atom stereocenters. The summed E-state index contributed by atoms with van der Waals surface area (Å²) in [5, 5.41) is 10.2. The largest absolute Gasteiger partial charge is 0.381 e. The topological polar surface area (TPSA) is 20.2 Å². The maximum atomic E-state index is 13.8. The monoisotopic (exact) mass is 288 g/mol. The van der Waals surface area contributed by atoms with Crippen molar-refractivity contribution < 1.29 is 13.9 Å². The molecule has 0 heterocycles. The van der Waals surface area contributed by atoms with Crippen molar-refractivity contribution in [2.24, 2.45) is 0 Å². The molecule has 0 spiro atoms. The first-order valence-electron chi connectivity index (χ1n) is 5.09. The highest BCUT2D eigenvalue weighted by Gasteiger charge is 2.34. The molecule has 1 nitrogen and oxygen atoms in total. The lowest BCUT2D eigenvalue weighted by atomic mass is 9.84. The van der Waals surface area contributed by atoms with Gasteiger partial charge in [-0.15, -0.1) is 0 Å². The Labute approximate surface area is 101 Å². The molecule has 0 bridgehead atoms. The second-order valence-electron chi connectivity index (χ2n) is 3.94. The number of hydrogen-bond donors (Lipinski definition) is 1. The van der Waals surface area contributed by atoms with Gasteiger partial charge in [-0.3, -0.25) is 0 Å². The van der Waals surface area contributed by atoms with Gasteiger partial charge in [-0.1, -0.05) is 12.2 Å². The Morgan fingerprint density at radius 1 is 1.31 bits per heavy atom. The van der Waals surface area contributed by atoms with Crippen molar-refractivity contribution in [3.8, 4) is 0 Å². The number of aliphatic hydroxyl groups is 1. The van der Waals surface area contributed by atoms with E-state index in [4.69, 9.17) is 0 Å². The number of allylic oxidation sites excluding steroid dienone is 1. The van der Waals surface area contributed by atoms with Crippen LogP contribution in [0.15, 0.2) is 28.8 Å². The molecule has 0 aromatic heterocycles. The van der Waals surface area contributed by atoms with Crippen LogP contribution in [0, 0.1) is 11.6 Å². The molecule has 16 heavy (non-hydrogen) atoms. The van der Waals surface area contributed by atoms with Crippen LogP contribution in [0.4, 0.5) is 8.78 Å². The minimum Gasteiger partial charge on any atom is -0.381 e. The normalized spacial score (nSPS) is 24.8. The van der Waals surface area contributed by atoms with Gasteiger partial charge in [0.2, 0.25) is 0 Å². The second-order valence-corrected chi connectivity index (χ2v) is 4.79. The molecular formula is C12H11BrF2O. The molecule has 1 aromatic carbocycles. The van der Waals surface area contributed by atoms with Gasteiger partial charge in [0.15, 0.2) is 0 Å². The predicted octanol–water partition coefficient (Wildman–Crippen LogP) is 3.66. The Morgan fingerprint density at radius 2 is 2.06 bits per heavy atom. The molecule has 86 valence electrons. The number of benzene rings is 1. The fourth-order valence-electron chi connectivity index (χ4n) is 1.98. The molecule has 0 aliphatic heterocycles. The first-order valence-corrected chi connectivity index (χ1v) is 5.88. The average molecular weight is 289 g/mol. The van der Waals surface area contributed by atoms with E-state index in [1.54, 1.807) is 6.08 Å². The molecule has 1 unspecified atom stereocenters. The summed E-state index contributed by atoms with van der Waals surface area (Å²) in [6.45, 7) is 0.